The van der Waals surface area contributed by atoms with Gasteiger partial charge in [-0.15, -0.1) is 0 Å². The lowest BCUT2D eigenvalue weighted by Crippen LogP contribution is -2.12. The molecule has 0 atom stereocenters. The first kappa shape index (κ1) is 16.2. The van der Waals surface area contributed by atoms with Crippen LogP contribution in [0.25, 0.3) is 0 Å². The average molecular weight is 462 g/mol. The topological polar surface area (TPSA) is 55.4 Å². The van der Waals surface area contributed by atoms with E-state index < -0.39 is 0 Å². The Hall–Kier alpha value is 0.190. The van der Waals surface area contributed by atoms with Crippen LogP contribution in [0.1, 0.15) is 12.8 Å². The van der Waals surface area contributed by atoms with Crippen molar-refractivity contribution in [2.75, 3.05) is 11.9 Å². The van der Waals surface area contributed by atoms with Crippen molar-refractivity contribution in [3.63, 3.8) is 0 Å². The van der Waals surface area contributed by atoms with Gasteiger partial charge in [0.1, 0.15) is 0 Å². The molecule has 0 aliphatic heterocycles. The van der Waals surface area contributed by atoms with E-state index in [1.165, 1.54) is 0 Å². The predicted molar refractivity (Wildman–Crippen MR) is 81.0 cm³/mol. The number of anilines is 1. The number of rotatable bonds is 6. The molecule has 0 unspecified atom stereocenters. The van der Waals surface area contributed by atoms with Gasteiger partial charge in [-0.3, -0.25) is 9.32 Å². The van der Waals surface area contributed by atoms with Crippen molar-refractivity contribution in [2.45, 2.75) is 12.8 Å². The second-order valence-corrected chi connectivity index (χ2v) is 6.34. The van der Waals surface area contributed by atoms with E-state index >= 15 is 0 Å². The summed E-state index contributed by atoms with van der Waals surface area (Å²) in [6.07, 6.45) is 0.831. The van der Waals surface area contributed by atoms with Crippen molar-refractivity contribution in [3.05, 3.63) is 25.6 Å². The lowest BCUT2D eigenvalue weighted by molar-refractivity contribution is -0.116. The maximum Gasteiger partial charge on any atom is 0.327 e. The summed E-state index contributed by atoms with van der Waals surface area (Å²) in [5.74, 6) is -0.120. The van der Waals surface area contributed by atoms with Crippen molar-refractivity contribution >= 4 is 68.1 Å². The van der Waals surface area contributed by atoms with E-state index in [0.29, 0.717) is 25.1 Å². The van der Waals surface area contributed by atoms with Gasteiger partial charge in [0, 0.05) is 19.8 Å². The zero-order valence-electron chi connectivity index (χ0n) is 9.08. The summed E-state index contributed by atoms with van der Waals surface area (Å²) in [6.45, 7) is 0.293. The molecule has 0 radical (unpaired) electrons. The van der Waals surface area contributed by atoms with E-state index in [1.54, 1.807) is 0 Å². The lowest BCUT2D eigenvalue weighted by Gasteiger charge is -2.10. The van der Waals surface area contributed by atoms with Gasteiger partial charge in [0.2, 0.25) is 5.91 Å². The number of carbonyl (C=O) groups excluding carboxylic acids is 1. The average Bonchev–Trinajstić information content (AvgIpc) is 2.29. The Bertz CT molecular complexity index is 433. The van der Waals surface area contributed by atoms with Gasteiger partial charge >= 0.3 is 8.69 Å². The molecule has 1 aromatic carbocycles. The fourth-order valence-electron chi connectivity index (χ4n) is 1.20. The van der Waals surface area contributed by atoms with E-state index in [1.807, 2.05) is 12.1 Å². The molecule has 1 N–H and O–H groups in total. The van der Waals surface area contributed by atoms with E-state index in [9.17, 15) is 9.36 Å². The van der Waals surface area contributed by atoms with Crippen LogP contribution in [0.5, 0.6) is 0 Å². The van der Waals surface area contributed by atoms with Crippen molar-refractivity contribution < 1.29 is 13.9 Å². The van der Waals surface area contributed by atoms with Crippen LogP contribution in [0.3, 0.4) is 0 Å². The van der Waals surface area contributed by atoms with Gasteiger partial charge in [0.15, 0.2) is 0 Å². The molecule has 0 saturated heterocycles. The van der Waals surface area contributed by atoms with Gasteiger partial charge in [-0.2, -0.15) is 0 Å². The smallest absolute Gasteiger partial charge is 0.324 e. The fourth-order valence-corrected chi connectivity index (χ4v) is 3.86. The molecule has 0 aromatic heterocycles. The summed E-state index contributed by atoms with van der Waals surface area (Å²) in [6, 6.07) is 3.69. The minimum absolute atomic E-state index is 0.120. The van der Waals surface area contributed by atoms with Gasteiger partial charge in [-0.05, 0) is 50.4 Å². The highest BCUT2D eigenvalue weighted by Gasteiger charge is 2.10. The van der Waals surface area contributed by atoms with E-state index in [0.717, 1.165) is 13.4 Å². The number of carbonyl (C=O) groups is 1. The van der Waals surface area contributed by atoms with Gasteiger partial charge in [0.25, 0.3) is 0 Å². The van der Waals surface area contributed by atoms with Gasteiger partial charge in [-0.25, -0.2) is 4.57 Å². The van der Waals surface area contributed by atoms with Crippen molar-refractivity contribution in [1.29, 1.82) is 0 Å². The van der Waals surface area contributed by atoms with Crippen molar-refractivity contribution in [1.82, 2.24) is 0 Å². The Morgan fingerprint density at radius 1 is 1.28 bits per heavy atom. The van der Waals surface area contributed by atoms with Crippen LogP contribution in [0.2, 0.25) is 0 Å². The molecular weight excluding hydrogens is 453 g/mol. The van der Waals surface area contributed by atoms with Crippen LogP contribution in [0, 0.1) is 0 Å². The highest BCUT2D eigenvalue weighted by atomic mass is 79.9. The van der Waals surface area contributed by atoms with Crippen LogP contribution < -0.4 is 5.32 Å². The molecule has 0 heterocycles. The zero-order valence-corrected chi connectivity index (χ0v) is 14.7. The first-order valence-electron chi connectivity index (χ1n) is 4.93. The molecule has 0 aliphatic rings. The lowest BCUT2D eigenvalue weighted by atomic mass is 10.3. The Morgan fingerprint density at radius 2 is 1.89 bits per heavy atom. The molecule has 0 bridgehead atoms. The predicted octanol–water partition coefficient (Wildman–Crippen LogP) is 4.92. The third-order valence-corrected chi connectivity index (χ3v) is 3.96. The molecule has 1 aromatic rings. The molecule has 18 heavy (non-hydrogen) atoms. The van der Waals surface area contributed by atoms with E-state index in [4.69, 9.17) is 0 Å². The summed E-state index contributed by atoms with van der Waals surface area (Å²) in [4.78, 5) is 11.7. The van der Waals surface area contributed by atoms with Gasteiger partial charge < -0.3 is 5.32 Å². The minimum Gasteiger partial charge on any atom is -0.324 e. The summed E-state index contributed by atoms with van der Waals surface area (Å²) >= 11 is 10.1. The number of nitrogens with one attached hydrogen (secondary N) is 1. The molecule has 0 aliphatic carbocycles. The molecule has 1 rings (SSSR count). The Morgan fingerprint density at radius 3 is 2.44 bits per heavy atom. The molecule has 0 fully saturated rings. The SMILES string of the molecule is O=POCCCC(=O)Nc1c(Br)cc(Br)cc1Br. The second-order valence-electron chi connectivity index (χ2n) is 3.30. The number of hydrogen-bond donors (Lipinski definition) is 1. The first-order chi connectivity index (χ1) is 8.54. The highest BCUT2D eigenvalue weighted by molar-refractivity contribution is 9.11. The highest BCUT2D eigenvalue weighted by Crippen LogP contribution is 2.34. The molecule has 0 spiro atoms. The number of benzene rings is 1. The molecule has 1 amide bonds. The van der Waals surface area contributed by atoms with E-state index in [-0.39, 0.29) is 14.6 Å². The number of amides is 1. The molecule has 98 valence electrons. The Balaban J connectivity index is 2.56. The Kier molecular flexibility index (Phi) is 7.56. The Labute approximate surface area is 132 Å². The summed E-state index contributed by atoms with van der Waals surface area (Å²) in [7, 11) is -0.355. The number of hydrogen-bond acceptors (Lipinski definition) is 3. The fraction of sp³-hybridized carbons (Fsp3) is 0.300. The standard InChI is InChI=1S/C10H9Br3NO3P/c11-6-4-7(12)10(8(13)5-6)14-9(15)2-1-3-17-18-16/h4-5H,1-3H2,(H,14,15). The quantitative estimate of drug-likeness (QED) is 0.483. The van der Waals surface area contributed by atoms with Gasteiger partial charge in [-0.1, -0.05) is 15.9 Å². The van der Waals surface area contributed by atoms with Crippen molar-refractivity contribution in [2.24, 2.45) is 0 Å². The molecular formula is C10H9Br3NO3P. The minimum atomic E-state index is -0.355. The van der Waals surface area contributed by atoms with Crippen molar-refractivity contribution in [3.8, 4) is 0 Å². The van der Waals surface area contributed by atoms with Crippen LogP contribution in [0.15, 0.2) is 25.6 Å². The van der Waals surface area contributed by atoms with Crippen LogP contribution in [-0.4, -0.2) is 12.5 Å². The maximum atomic E-state index is 11.7. The molecule has 4 nitrogen and oxygen atoms in total. The summed E-state index contributed by atoms with van der Waals surface area (Å²) < 4.78 is 17.1. The van der Waals surface area contributed by atoms with Gasteiger partial charge in [0.05, 0.1) is 12.3 Å². The maximum absolute atomic E-state index is 11.7. The zero-order chi connectivity index (χ0) is 13.5. The van der Waals surface area contributed by atoms with E-state index in [2.05, 4.69) is 57.6 Å². The number of halogens is 3. The normalized spacial score (nSPS) is 10.6. The third-order valence-electron chi connectivity index (χ3n) is 1.96. The first-order valence-corrected chi connectivity index (χ1v) is 8.04. The molecule has 0 saturated carbocycles. The van der Waals surface area contributed by atoms with Crippen LogP contribution >= 0.6 is 56.5 Å². The summed E-state index contributed by atoms with van der Waals surface area (Å²) in [5.41, 5.74) is 0.686. The monoisotopic (exact) mass is 459 g/mol. The second kappa shape index (κ2) is 8.38. The molecule has 8 heteroatoms. The summed E-state index contributed by atoms with van der Waals surface area (Å²) in [5, 5.41) is 2.79. The van der Waals surface area contributed by atoms with Crippen LogP contribution in [-0.2, 0) is 13.9 Å². The third kappa shape index (κ3) is 5.45. The largest absolute Gasteiger partial charge is 0.327 e. The van der Waals surface area contributed by atoms with Crippen LogP contribution in [0.4, 0.5) is 5.69 Å².